The predicted octanol–water partition coefficient (Wildman–Crippen LogP) is 1.34. The minimum atomic E-state index is -1.28. The average molecular weight is 463 g/mol. The van der Waals surface area contributed by atoms with Gasteiger partial charge in [0.2, 0.25) is 0 Å². The third-order valence-electron chi connectivity index (χ3n) is 9.44. The molecule has 0 radical (unpaired) electrons. The third-order valence-corrected chi connectivity index (χ3v) is 9.44. The highest BCUT2D eigenvalue weighted by molar-refractivity contribution is 5.86. The van der Waals surface area contributed by atoms with E-state index in [0.29, 0.717) is 36.7 Å². The van der Waals surface area contributed by atoms with Crippen molar-refractivity contribution in [2.45, 2.75) is 50.4 Å². The summed E-state index contributed by atoms with van der Waals surface area (Å²) in [6.07, 6.45) is 2.12. The number of hydrogen-bond donors (Lipinski definition) is 2. The van der Waals surface area contributed by atoms with Gasteiger partial charge in [0.05, 0.1) is 11.5 Å². The van der Waals surface area contributed by atoms with E-state index in [0.717, 1.165) is 16.0 Å². The van der Waals surface area contributed by atoms with Gasteiger partial charge in [-0.25, -0.2) is 4.79 Å². The molecule has 9 nitrogen and oxygen atoms in total. The number of benzene rings is 1. The quantitative estimate of drug-likeness (QED) is 0.389. The Balaban J connectivity index is 1.38. The van der Waals surface area contributed by atoms with Crippen LogP contribution in [0.25, 0.3) is 11.0 Å². The molecule has 7 rings (SSSR count). The van der Waals surface area contributed by atoms with Crippen LogP contribution < -0.4 is 4.84 Å². The normalized spacial score (nSPS) is 44.0. The molecule has 34 heavy (non-hydrogen) atoms. The van der Waals surface area contributed by atoms with E-state index in [9.17, 15) is 19.8 Å². The van der Waals surface area contributed by atoms with E-state index in [-0.39, 0.29) is 5.92 Å². The second kappa shape index (κ2) is 6.14. The molecule has 4 bridgehead atoms. The number of rotatable bonds is 2. The van der Waals surface area contributed by atoms with Crippen molar-refractivity contribution in [3.63, 3.8) is 0 Å². The molecule has 5 aliphatic rings. The highest BCUT2D eigenvalue weighted by Crippen LogP contribution is 2.74. The summed E-state index contributed by atoms with van der Waals surface area (Å²) in [5, 5.41) is 30.4. The first-order valence-electron chi connectivity index (χ1n) is 11.7. The number of nitrogens with zero attached hydrogens (tertiary/aromatic N) is 3. The van der Waals surface area contributed by atoms with Crippen LogP contribution in [0.3, 0.4) is 0 Å². The summed E-state index contributed by atoms with van der Waals surface area (Å²) in [6.45, 7) is 5.84. The Labute approximate surface area is 195 Å². The molecule has 1 aromatic carbocycles. The zero-order valence-electron chi connectivity index (χ0n) is 18.7. The van der Waals surface area contributed by atoms with E-state index in [4.69, 9.17) is 9.57 Å². The maximum absolute atomic E-state index is 14.0. The number of allylic oxidation sites excluding steroid dienone is 1. The number of carbonyl (C=O) groups excluding carboxylic acids is 2. The lowest BCUT2D eigenvalue weighted by Crippen LogP contribution is -2.51. The molecule has 2 N–H and O–H groups in total. The molecule has 3 saturated carbocycles. The predicted molar refractivity (Wildman–Crippen MR) is 117 cm³/mol. The van der Waals surface area contributed by atoms with Crippen molar-refractivity contribution in [1.82, 2.24) is 15.2 Å². The Bertz CT molecular complexity index is 1330. The Morgan fingerprint density at radius 1 is 1.35 bits per heavy atom. The molecule has 1 aromatic heterocycles. The highest BCUT2D eigenvalue weighted by Gasteiger charge is 2.76. The molecule has 1 unspecified atom stereocenters. The van der Waals surface area contributed by atoms with E-state index in [1.807, 2.05) is 12.1 Å². The van der Waals surface area contributed by atoms with E-state index >= 15 is 0 Å². The summed E-state index contributed by atoms with van der Waals surface area (Å²) in [6, 6.07) is 7.15. The number of hydrogen-bond acceptors (Lipinski definition) is 8. The molecule has 1 spiro atoms. The van der Waals surface area contributed by atoms with E-state index in [1.165, 1.54) is 0 Å². The Hall–Kier alpha value is -3.04. The van der Waals surface area contributed by atoms with Crippen molar-refractivity contribution in [3.05, 3.63) is 48.1 Å². The van der Waals surface area contributed by atoms with Crippen LogP contribution in [-0.4, -0.2) is 55.1 Å². The fourth-order valence-corrected chi connectivity index (χ4v) is 7.90. The molecule has 4 fully saturated rings. The fraction of sp³-hybridized carbons (Fsp3) is 0.520. The maximum atomic E-state index is 14.0. The van der Waals surface area contributed by atoms with Crippen molar-refractivity contribution in [1.29, 1.82) is 0 Å². The summed E-state index contributed by atoms with van der Waals surface area (Å²) >= 11 is 0. The molecule has 9 heteroatoms. The first kappa shape index (κ1) is 20.3. The molecule has 176 valence electrons. The lowest BCUT2D eigenvalue weighted by atomic mass is 9.61. The largest absolute Gasteiger partial charge is 0.455 e. The minimum Gasteiger partial charge on any atom is -0.455 e. The van der Waals surface area contributed by atoms with Crippen LogP contribution in [0, 0.1) is 28.6 Å². The van der Waals surface area contributed by atoms with Gasteiger partial charge in [0.15, 0.2) is 0 Å². The summed E-state index contributed by atoms with van der Waals surface area (Å²) in [4.78, 5) is 34.0. The van der Waals surface area contributed by atoms with Crippen LogP contribution in [0.15, 0.2) is 48.1 Å². The maximum Gasteiger partial charge on any atom is 0.339 e. The van der Waals surface area contributed by atoms with Gasteiger partial charge in [0.1, 0.15) is 28.7 Å². The van der Waals surface area contributed by atoms with Crippen LogP contribution in [0.2, 0.25) is 0 Å². The zero-order valence-corrected chi connectivity index (χ0v) is 18.7. The van der Waals surface area contributed by atoms with Crippen molar-refractivity contribution in [3.8, 4) is 0 Å². The van der Waals surface area contributed by atoms with Crippen LogP contribution in [0.5, 0.6) is 0 Å². The number of fused-ring (bicyclic) bond motifs is 7. The van der Waals surface area contributed by atoms with Gasteiger partial charge < -0.3 is 19.8 Å². The first-order chi connectivity index (χ1) is 16.2. The van der Waals surface area contributed by atoms with Gasteiger partial charge in [-0.2, -0.15) is 0 Å². The fourth-order valence-electron chi connectivity index (χ4n) is 7.90. The Kier molecular flexibility index (Phi) is 3.68. The molecule has 0 amide bonds. The SMILES string of the molecule is C=C1C[C@]23CC1(O)CC[C@H]2C1=C[C@@H]2OC(=O)[C@@](C)([C@H]1[C@@H]3C(=O)On1nnc3ccccc31)[C@H]2O. The van der Waals surface area contributed by atoms with Gasteiger partial charge in [-0.1, -0.05) is 29.1 Å². The van der Waals surface area contributed by atoms with Crippen molar-refractivity contribution in [2.24, 2.45) is 28.6 Å². The van der Waals surface area contributed by atoms with Gasteiger partial charge >= 0.3 is 11.9 Å². The lowest BCUT2D eigenvalue weighted by Gasteiger charge is -2.42. The molecule has 8 atom stereocenters. The number of carbonyl (C=O) groups is 2. The van der Waals surface area contributed by atoms with Crippen LogP contribution >= 0.6 is 0 Å². The molecular weight excluding hydrogens is 438 g/mol. The first-order valence-corrected chi connectivity index (χ1v) is 11.7. The molecule has 2 aromatic rings. The lowest BCUT2D eigenvalue weighted by molar-refractivity contribution is -0.163. The van der Waals surface area contributed by atoms with E-state index < -0.39 is 52.4 Å². The minimum absolute atomic E-state index is 0.0362. The molecule has 1 aliphatic heterocycles. The summed E-state index contributed by atoms with van der Waals surface area (Å²) in [7, 11) is 0. The van der Waals surface area contributed by atoms with Gasteiger partial charge in [-0.05, 0) is 72.9 Å². The number of ether oxygens (including phenoxy) is 1. The summed E-state index contributed by atoms with van der Waals surface area (Å²) in [5.41, 5.74) is -0.157. The van der Waals surface area contributed by atoms with Gasteiger partial charge in [0.25, 0.3) is 0 Å². The summed E-state index contributed by atoms with van der Waals surface area (Å²) < 4.78 is 5.51. The smallest absolute Gasteiger partial charge is 0.339 e. The second-order valence-electron chi connectivity index (χ2n) is 10.9. The molecular formula is C25H25N3O6. The summed E-state index contributed by atoms with van der Waals surface area (Å²) in [5.74, 6) is -2.49. The van der Waals surface area contributed by atoms with Gasteiger partial charge in [-0.15, -0.1) is 5.10 Å². The van der Waals surface area contributed by atoms with E-state index in [2.05, 4.69) is 16.9 Å². The number of para-hydroxylation sites is 1. The number of aromatic nitrogens is 3. The highest BCUT2D eigenvalue weighted by atomic mass is 16.7. The van der Waals surface area contributed by atoms with Gasteiger partial charge in [0, 0.05) is 5.92 Å². The molecule has 1 saturated heterocycles. The van der Waals surface area contributed by atoms with Crippen LogP contribution in [0.4, 0.5) is 0 Å². The number of aliphatic hydroxyl groups excluding tert-OH is 1. The van der Waals surface area contributed by atoms with Crippen LogP contribution in [-0.2, 0) is 14.3 Å². The van der Waals surface area contributed by atoms with E-state index in [1.54, 1.807) is 25.1 Å². The molecule has 4 aliphatic carbocycles. The van der Waals surface area contributed by atoms with Crippen molar-refractivity contribution in [2.75, 3.05) is 0 Å². The standard InChI is InChI=1S/C25H25N3O6/c1-12-10-24-11-25(12,32)8-7-14(24)13-9-17-20(29)23(2,22(31)33-17)18(13)19(24)21(30)34-28-16-6-4-3-5-15(16)26-27-28/h3-6,9,14,17-20,29,32H,1,7-8,10-11H2,2H3/t14-,17-,18+,19+,20-,23-,24-,25?/m0/s1. The van der Waals surface area contributed by atoms with Crippen molar-refractivity contribution >= 4 is 23.0 Å². The van der Waals surface area contributed by atoms with Gasteiger partial charge in [-0.3, -0.25) is 4.79 Å². The second-order valence-corrected chi connectivity index (χ2v) is 10.9. The average Bonchev–Trinajstić information content (AvgIpc) is 3.42. The number of esters is 1. The third kappa shape index (κ3) is 2.18. The Morgan fingerprint density at radius 2 is 2.15 bits per heavy atom. The molecule has 2 heterocycles. The Morgan fingerprint density at radius 3 is 2.97 bits per heavy atom. The number of aliphatic hydroxyl groups is 2. The van der Waals surface area contributed by atoms with Crippen molar-refractivity contribution < 1.29 is 29.4 Å². The van der Waals surface area contributed by atoms with Crippen LogP contribution in [0.1, 0.15) is 32.6 Å². The monoisotopic (exact) mass is 463 g/mol. The zero-order chi connectivity index (χ0) is 23.6. The topological polar surface area (TPSA) is 124 Å².